The normalized spacial score (nSPS) is 12.4. The zero-order valence-corrected chi connectivity index (χ0v) is 21.0. The maximum absolute atomic E-state index is 6.57. The molecule has 34 heavy (non-hydrogen) atoms. The first-order valence-corrected chi connectivity index (χ1v) is 12.0. The fourth-order valence-corrected chi connectivity index (χ4v) is 4.63. The van der Waals surface area contributed by atoms with E-state index >= 15 is 0 Å². The minimum Gasteiger partial charge on any atom is -0.454 e. The molecule has 1 heterocycles. The summed E-state index contributed by atoms with van der Waals surface area (Å²) in [5, 5.41) is 6.02. The van der Waals surface area contributed by atoms with Crippen LogP contribution in [0.25, 0.3) is 33.1 Å². The molecule has 0 spiro atoms. The standard InChI is InChI=1S/C32H33NO/c1-31(2,3)22-18-19-27(25(20-22)21-12-8-7-9-13-21)33-28-17-11-15-24-23-14-10-16-26(32(4,5)6)29(23)34-30(24)28/h7-20,33H,1-6H3. The van der Waals surface area contributed by atoms with Crippen LogP contribution in [-0.2, 0) is 10.8 Å². The molecule has 0 fully saturated rings. The van der Waals surface area contributed by atoms with Gasteiger partial charge < -0.3 is 9.73 Å². The van der Waals surface area contributed by atoms with Crippen LogP contribution in [0.1, 0.15) is 52.7 Å². The molecular weight excluding hydrogens is 414 g/mol. The van der Waals surface area contributed by atoms with Crippen molar-refractivity contribution in [2.75, 3.05) is 5.32 Å². The van der Waals surface area contributed by atoms with Crippen LogP contribution in [0.3, 0.4) is 0 Å². The third kappa shape index (κ3) is 3.98. The molecule has 0 aliphatic rings. The molecule has 0 saturated carbocycles. The van der Waals surface area contributed by atoms with E-state index in [1.165, 1.54) is 22.3 Å². The van der Waals surface area contributed by atoms with Gasteiger partial charge >= 0.3 is 0 Å². The molecular formula is C32H33NO. The molecule has 0 atom stereocenters. The van der Waals surface area contributed by atoms with E-state index < -0.39 is 0 Å². The highest BCUT2D eigenvalue weighted by Gasteiger charge is 2.22. The predicted octanol–water partition coefficient (Wildman–Crippen LogP) is 9.59. The number of rotatable bonds is 3. The van der Waals surface area contributed by atoms with Crippen LogP contribution < -0.4 is 5.32 Å². The molecule has 1 aromatic heterocycles. The van der Waals surface area contributed by atoms with Crippen LogP contribution in [0, 0.1) is 0 Å². The first-order valence-electron chi connectivity index (χ1n) is 12.0. The van der Waals surface area contributed by atoms with Gasteiger partial charge in [-0.3, -0.25) is 0 Å². The van der Waals surface area contributed by atoms with Crippen molar-refractivity contribution < 1.29 is 4.42 Å². The average molecular weight is 448 g/mol. The van der Waals surface area contributed by atoms with Crippen molar-refractivity contribution in [3.8, 4) is 11.1 Å². The van der Waals surface area contributed by atoms with E-state index in [0.29, 0.717) is 0 Å². The van der Waals surface area contributed by atoms with Gasteiger partial charge in [0.25, 0.3) is 0 Å². The highest BCUT2D eigenvalue weighted by atomic mass is 16.3. The lowest BCUT2D eigenvalue weighted by atomic mass is 9.85. The van der Waals surface area contributed by atoms with Gasteiger partial charge in [0.2, 0.25) is 0 Å². The molecule has 0 radical (unpaired) electrons. The lowest BCUT2D eigenvalue weighted by Crippen LogP contribution is -2.11. The first kappa shape index (κ1) is 22.3. The van der Waals surface area contributed by atoms with E-state index in [9.17, 15) is 0 Å². The second kappa shape index (κ2) is 8.06. The summed E-state index contributed by atoms with van der Waals surface area (Å²) < 4.78 is 6.57. The van der Waals surface area contributed by atoms with Crippen LogP contribution in [0.4, 0.5) is 11.4 Å². The number of anilines is 2. The predicted molar refractivity (Wildman–Crippen MR) is 146 cm³/mol. The van der Waals surface area contributed by atoms with Crippen molar-refractivity contribution in [1.29, 1.82) is 0 Å². The zero-order chi connectivity index (χ0) is 24.1. The van der Waals surface area contributed by atoms with Gasteiger partial charge in [0, 0.05) is 27.6 Å². The second-order valence-electron chi connectivity index (χ2n) is 11.2. The molecule has 0 amide bonds. The molecule has 0 aliphatic carbocycles. The van der Waals surface area contributed by atoms with Crippen LogP contribution in [0.2, 0.25) is 0 Å². The first-order chi connectivity index (χ1) is 16.1. The maximum atomic E-state index is 6.57. The molecule has 5 rings (SSSR count). The number of hydrogen-bond acceptors (Lipinski definition) is 2. The monoisotopic (exact) mass is 447 g/mol. The Kier molecular flexibility index (Phi) is 5.28. The van der Waals surface area contributed by atoms with Crippen molar-refractivity contribution in [2.45, 2.75) is 52.4 Å². The number of furan rings is 1. The Morgan fingerprint density at radius 2 is 1.26 bits per heavy atom. The van der Waals surface area contributed by atoms with Crippen LogP contribution in [-0.4, -0.2) is 0 Å². The molecule has 4 aromatic carbocycles. The summed E-state index contributed by atoms with van der Waals surface area (Å²) in [5.74, 6) is 0. The van der Waals surface area contributed by atoms with Crippen LogP contribution >= 0.6 is 0 Å². The van der Waals surface area contributed by atoms with E-state index in [1.807, 2.05) is 0 Å². The number of fused-ring (bicyclic) bond motifs is 3. The SMILES string of the molecule is CC(C)(C)c1ccc(Nc2cccc3c2oc2c(C(C)(C)C)cccc23)c(-c2ccccc2)c1. The molecule has 0 unspecified atom stereocenters. The minimum atomic E-state index is 0.00421. The molecule has 2 nitrogen and oxygen atoms in total. The Morgan fingerprint density at radius 3 is 1.94 bits per heavy atom. The van der Waals surface area contributed by atoms with E-state index in [4.69, 9.17) is 4.42 Å². The van der Waals surface area contributed by atoms with Gasteiger partial charge in [-0.15, -0.1) is 0 Å². The van der Waals surface area contributed by atoms with Gasteiger partial charge in [-0.25, -0.2) is 0 Å². The molecule has 172 valence electrons. The molecule has 5 aromatic rings. The summed E-state index contributed by atoms with van der Waals surface area (Å²) >= 11 is 0. The molecule has 0 bridgehead atoms. The Morgan fingerprint density at radius 1 is 0.588 bits per heavy atom. The maximum Gasteiger partial charge on any atom is 0.158 e. The smallest absolute Gasteiger partial charge is 0.158 e. The van der Waals surface area contributed by atoms with Gasteiger partial charge in [0.15, 0.2) is 5.58 Å². The van der Waals surface area contributed by atoms with Crippen molar-refractivity contribution in [3.63, 3.8) is 0 Å². The Bertz CT molecular complexity index is 1480. The number of benzene rings is 4. The third-order valence-electron chi connectivity index (χ3n) is 6.57. The average Bonchev–Trinajstić information content (AvgIpc) is 3.18. The van der Waals surface area contributed by atoms with Crippen LogP contribution in [0.5, 0.6) is 0 Å². The number of para-hydroxylation sites is 2. The molecule has 1 N–H and O–H groups in total. The van der Waals surface area contributed by atoms with Crippen molar-refractivity contribution in [1.82, 2.24) is 0 Å². The lowest BCUT2D eigenvalue weighted by molar-refractivity contribution is 0.573. The van der Waals surface area contributed by atoms with Crippen molar-refractivity contribution in [2.24, 2.45) is 0 Å². The fraction of sp³-hybridized carbons (Fsp3) is 0.250. The summed E-state index contributed by atoms with van der Waals surface area (Å²) in [4.78, 5) is 0. The lowest BCUT2D eigenvalue weighted by Gasteiger charge is -2.22. The zero-order valence-electron chi connectivity index (χ0n) is 21.0. The third-order valence-corrected chi connectivity index (χ3v) is 6.57. The summed E-state index contributed by atoms with van der Waals surface area (Å²) in [5.41, 5.74) is 8.94. The summed E-state index contributed by atoms with van der Waals surface area (Å²) in [6.45, 7) is 13.5. The van der Waals surface area contributed by atoms with Gasteiger partial charge in [-0.05, 0) is 40.2 Å². The van der Waals surface area contributed by atoms with E-state index in [1.54, 1.807) is 0 Å². The van der Waals surface area contributed by atoms with E-state index in [2.05, 4.69) is 132 Å². The largest absolute Gasteiger partial charge is 0.454 e. The van der Waals surface area contributed by atoms with Gasteiger partial charge in [-0.1, -0.05) is 108 Å². The van der Waals surface area contributed by atoms with Gasteiger partial charge in [-0.2, -0.15) is 0 Å². The van der Waals surface area contributed by atoms with E-state index in [0.717, 1.165) is 33.3 Å². The second-order valence-corrected chi connectivity index (χ2v) is 11.2. The van der Waals surface area contributed by atoms with Crippen LogP contribution in [0.15, 0.2) is 89.3 Å². The Balaban J connectivity index is 1.68. The number of nitrogens with one attached hydrogen (secondary N) is 1. The summed E-state index contributed by atoms with van der Waals surface area (Å²) in [6.07, 6.45) is 0. The molecule has 0 saturated heterocycles. The molecule has 0 aliphatic heterocycles. The van der Waals surface area contributed by atoms with Gasteiger partial charge in [0.05, 0.1) is 5.69 Å². The quantitative estimate of drug-likeness (QED) is 0.298. The molecule has 2 heteroatoms. The highest BCUT2D eigenvalue weighted by Crippen LogP contribution is 2.41. The van der Waals surface area contributed by atoms with E-state index in [-0.39, 0.29) is 10.8 Å². The Labute approximate surface area is 202 Å². The minimum absolute atomic E-state index is 0.00421. The van der Waals surface area contributed by atoms with Crippen molar-refractivity contribution in [3.05, 3.63) is 96.1 Å². The summed E-state index contributed by atoms with van der Waals surface area (Å²) in [6, 6.07) is 30.2. The van der Waals surface area contributed by atoms with Crippen molar-refractivity contribution >= 4 is 33.3 Å². The highest BCUT2D eigenvalue weighted by molar-refractivity contribution is 6.10. The topological polar surface area (TPSA) is 25.2 Å². The Hall–Kier alpha value is -3.52. The van der Waals surface area contributed by atoms with Gasteiger partial charge in [0.1, 0.15) is 5.58 Å². The number of hydrogen-bond donors (Lipinski definition) is 1. The fourth-order valence-electron chi connectivity index (χ4n) is 4.63. The summed E-state index contributed by atoms with van der Waals surface area (Å²) in [7, 11) is 0.